The molecule has 556 valence electrons. The Morgan fingerprint density at radius 1 is 0.298 bits per heavy atom. The highest BCUT2D eigenvalue weighted by Crippen LogP contribution is 2.21. The third-order valence-corrected chi connectivity index (χ3v) is 20.4. The number of carbonyl (C=O) groups is 2. The summed E-state index contributed by atoms with van der Waals surface area (Å²) in [7, 11) is 0. The zero-order valence-corrected chi connectivity index (χ0v) is 64.0. The Hall–Kier alpha value is -1.92. The van der Waals surface area contributed by atoms with E-state index in [4.69, 9.17) is 4.74 Å². The Labute approximate surface area is 589 Å². The Morgan fingerprint density at radius 2 is 0.532 bits per heavy atom. The van der Waals surface area contributed by atoms with E-state index in [0.717, 1.165) is 51.4 Å². The van der Waals surface area contributed by atoms with Crippen LogP contribution in [0.2, 0.25) is 0 Å². The molecule has 0 heterocycles. The highest BCUT2D eigenvalue weighted by Gasteiger charge is 2.18. The van der Waals surface area contributed by atoms with E-state index < -0.39 is 12.1 Å². The van der Waals surface area contributed by atoms with Gasteiger partial charge in [0.2, 0.25) is 5.91 Å². The lowest BCUT2D eigenvalue weighted by atomic mass is 10.0. The molecule has 1 amide bonds. The van der Waals surface area contributed by atoms with Crippen molar-refractivity contribution in [1.29, 1.82) is 0 Å². The maximum absolute atomic E-state index is 12.6. The minimum Gasteiger partial charge on any atom is -0.466 e. The van der Waals surface area contributed by atoms with Gasteiger partial charge in [0.25, 0.3) is 0 Å². The van der Waals surface area contributed by atoms with E-state index in [1.807, 2.05) is 6.08 Å². The average molecular weight is 1320 g/mol. The van der Waals surface area contributed by atoms with Crippen molar-refractivity contribution in [3.63, 3.8) is 0 Å². The summed E-state index contributed by atoms with van der Waals surface area (Å²) in [5.74, 6) is -0.0459. The number of carbonyl (C=O) groups excluding carboxylic acids is 2. The van der Waals surface area contributed by atoms with Crippen LogP contribution in [0.1, 0.15) is 489 Å². The second kappa shape index (κ2) is 83.5. The van der Waals surface area contributed by atoms with Gasteiger partial charge in [-0.1, -0.05) is 448 Å². The fourth-order valence-electron chi connectivity index (χ4n) is 13.8. The van der Waals surface area contributed by atoms with E-state index in [1.165, 1.54) is 411 Å². The average Bonchev–Trinajstić information content (AvgIpc) is 3.63. The van der Waals surface area contributed by atoms with Crippen molar-refractivity contribution in [1.82, 2.24) is 5.32 Å². The van der Waals surface area contributed by atoms with Crippen LogP contribution in [0.25, 0.3) is 0 Å². The first-order valence-corrected chi connectivity index (χ1v) is 43.3. The third-order valence-electron chi connectivity index (χ3n) is 20.4. The van der Waals surface area contributed by atoms with Gasteiger partial charge in [0.05, 0.1) is 25.4 Å². The molecule has 0 rings (SSSR count). The molecule has 0 aliphatic carbocycles. The van der Waals surface area contributed by atoms with Crippen molar-refractivity contribution in [3.8, 4) is 0 Å². The number of amides is 1. The van der Waals surface area contributed by atoms with Crippen molar-refractivity contribution in [3.05, 3.63) is 36.5 Å². The van der Waals surface area contributed by atoms with Gasteiger partial charge in [-0.15, -0.1) is 0 Å². The van der Waals surface area contributed by atoms with Crippen LogP contribution in [0, 0.1) is 0 Å². The number of nitrogens with one attached hydrogen (secondary N) is 1. The minimum absolute atomic E-state index is 0.0106. The SMILES string of the molecule is CCCCC/C=C\C/C=C\CCCCCCCC(=O)OCCCCCCCCCCCCCCCCCCCCCCCCCCCCCCCCCCCCCCCCCC(=O)NC(CO)C(O)/C=C/CCCCCCCCCCCCCCCCCCCCCCC. The molecule has 94 heavy (non-hydrogen) atoms. The van der Waals surface area contributed by atoms with Gasteiger partial charge in [-0.05, 0) is 64.2 Å². The predicted octanol–water partition coefficient (Wildman–Crippen LogP) is 28.9. The molecule has 0 aromatic rings. The molecule has 0 bridgehead atoms. The van der Waals surface area contributed by atoms with Crippen LogP contribution in [0.5, 0.6) is 0 Å². The first kappa shape index (κ1) is 92.1. The quantitative estimate of drug-likeness (QED) is 0.0320. The highest BCUT2D eigenvalue weighted by atomic mass is 16.5. The molecule has 6 nitrogen and oxygen atoms in total. The number of allylic oxidation sites excluding steroid dienone is 5. The van der Waals surface area contributed by atoms with Gasteiger partial charge in [-0.25, -0.2) is 0 Å². The van der Waals surface area contributed by atoms with Crippen molar-refractivity contribution < 1.29 is 24.5 Å². The number of rotatable bonds is 82. The summed E-state index contributed by atoms with van der Waals surface area (Å²) in [5, 5.41) is 23.3. The fraction of sp³-hybridized carbons (Fsp3) is 0.909. The summed E-state index contributed by atoms with van der Waals surface area (Å²) in [5.41, 5.74) is 0. The van der Waals surface area contributed by atoms with Gasteiger partial charge in [-0.3, -0.25) is 9.59 Å². The van der Waals surface area contributed by atoms with Crippen LogP contribution < -0.4 is 5.32 Å². The van der Waals surface area contributed by atoms with E-state index in [9.17, 15) is 19.8 Å². The molecule has 0 spiro atoms. The Kier molecular flexibility index (Phi) is 81.8. The molecular formula is C88H169NO5. The Bertz CT molecular complexity index is 1520. The van der Waals surface area contributed by atoms with Crippen molar-refractivity contribution in [2.45, 2.75) is 501 Å². The van der Waals surface area contributed by atoms with E-state index in [2.05, 4.69) is 43.5 Å². The first-order valence-electron chi connectivity index (χ1n) is 43.3. The molecule has 0 radical (unpaired) electrons. The second-order valence-electron chi connectivity index (χ2n) is 29.9. The number of hydrogen-bond acceptors (Lipinski definition) is 5. The molecule has 2 unspecified atom stereocenters. The van der Waals surface area contributed by atoms with Crippen LogP contribution in [0.15, 0.2) is 36.5 Å². The van der Waals surface area contributed by atoms with Gasteiger partial charge in [0.15, 0.2) is 0 Å². The zero-order chi connectivity index (χ0) is 67.7. The molecule has 2 atom stereocenters. The Balaban J connectivity index is 3.32. The molecule has 0 aliphatic rings. The first-order chi connectivity index (χ1) is 46.5. The normalized spacial score (nSPS) is 12.6. The number of aliphatic hydroxyl groups is 2. The third kappa shape index (κ3) is 79.1. The zero-order valence-electron chi connectivity index (χ0n) is 64.0. The summed E-state index contributed by atoms with van der Waals surface area (Å²) >= 11 is 0. The molecule has 0 fully saturated rings. The molecule has 3 N–H and O–H groups in total. The monoisotopic (exact) mass is 1320 g/mol. The lowest BCUT2D eigenvalue weighted by molar-refractivity contribution is -0.143. The van der Waals surface area contributed by atoms with Crippen LogP contribution in [0.3, 0.4) is 0 Å². The molecule has 0 aliphatic heterocycles. The smallest absolute Gasteiger partial charge is 0.305 e. The molecule has 0 aromatic heterocycles. The standard InChI is InChI=1S/C88H169NO5/c1-3-5-7-9-11-13-15-17-19-20-21-22-40-43-46-49-53-56-60-64-68-72-76-80-86(91)85(84-90)89-87(92)81-77-73-69-65-61-57-54-50-47-44-41-38-36-34-32-30-28-26-24-23-25-27-29-31-33-35-37-39-42-45-48-51-55-59-63-67-71-75-79-83-94-88(93)82-78-74-70-66-62-58-52-18-16-14-12-10-8-6-4-2/h12,14,18,52,76,80,85-86,90-91H,3-11,13,15-17,19-51,53-75,77-79,81-84H2,1-2H3,(H,89,92)/b14-12-,52-18-,80-76+. The van der Waals surface area contributed by atoms with E-state index in [1.54, 1.807) is 6.08 Å². The van der Waals surface area contributed by atoms with Gasteiger partial charge in [-0.2, -0.15) is 0 Å². The van der Waals surface area contributed by atoms with Gasteiger partial charge in [0.1, 0.15) is 0 Å². The maximum Gasteiger partial charge on any atom is 0.305 e. The summed E-state index contributed by atoms with van der Waals surface area (Å²) in [6.45, 7) is 4.93. The Morgan fingerprint density at radius 3 is 0.830 bits per heavy atom. The summed E-state index contributed by atoms with van der Waals surface area (Å²) < 4.78 is 5.50. The molecule has 6 heteroatoms. The lowest BCUT2D eigenvalue weighted by Gasteiger charge is -2.20. The maximum atomic E-state index is 12.6. The van der Waals surface area contributed by atoms with E-state index in [-0.39, 0.29) is 18.5 Å². The van der Waals surface area contributed by atoms with Crippen molar-refractivity contribution in [2.24, 2.45) is 0 Å². The molecule has 0 saturated carbocycles. The van der Waals surface area contributed by atoms with Gasteiger partial charge < -0.3 is 20.3 Å². The summed E-state index contributed by atoms with van der Waals surface area (Å²) in [6, 6.07) is -0.625. The lowest BCUT2D eigenvalue weighted by Crippen LogP contribution is -2.45. The number of unbranched alkanes of at least 4 members (excludes halogenated alkanes) is 67. The summed E-state index contributed by atoms with van der Waals surface area (Å²) in [4.78, 5) is 24.6. The molecule has 0 saturated heterocycles. The number of ether oxygens (including phenoxy) is 1. The van der Waals surface area contributed by atoms with Crippen LogP contribution in [0.4, 0.5) is 0 Å². The minimum atomic E-state index is -0.842. The summed E-state index contributed by atoms with van der Waals surface area (Å²) in [6.07, 6.45) is 110. The highest BCUT2D eigenvalue weighted by molar-refractivity contribution is 5.76. The van der Waals surface area contributed by atoms with Crippen LogP contribution in [-0.4, -0.2) is 47.4 Å². The van der Waals surface area contributed by atoms with Crippen molar-refractivity contribution in [2.75, 3.05) is 13.2 Å². The molecular weight excluding hydrogens is 1150 g/mol. The number of aliphatic hydroxyl groups excluding tert-OH is 2. The van der Waals surface area contributed by atoms with E-state index >= 15 is 0 Å². The van der Waals surface area contributed by atoms with Crippen molar-refractivity contribution >= 4 is 11.9 Å². The largest absolute Gasteiger partial charge is 0.466 e. The van der Waals surface area contributed by atoms with Crippen LogP contribution in [-0.2, 0) is 14.3 Å². The van der Waals surface area contributed by atoms with E-state index in [0.29, 0.717) is 19.4 Å². The fourth-order valence-corrected chi connectivity index (χ4v) is 13.8. The van der Waals surface area contributed by atoms with Gasteiger partial charge >= 0.3 is 5.97 Å². The van der Waals surface area contributed by atoms with Gasteiger partial charge in [0, 0.05) is 12.8 Å². The molecule has 0 aromatic carbocycles. The second-order valence-corrected chi connectivity index (χ2v) is 29.9. The number of hydrogen-bond donors (Lipinski definition) is 3. The topological polar surface area (TPSA) is 95.9 Å². The van der Waals surface area contributed by atoms with Crippen LogP contribution >= 0.6 is 0 Å². The number of esters is 1. The predicted molar refractivity (Wildman–Crippen MR) is 416 cm³/mol.